The van der Waals surface area contributed by atoms with Crippen LogP contribution in [0, 0.1) is 0 Å². The van der Waals surface area contributed by atoms with Crippen LogP contribution in [-0.4, -0.2) is 66.5 Å². The summed E-state index contributed by atoms with van der Waals surface area (Å²) in [5, 5.41) is 0. The van der Waals surface area contributed by atoms with Gasteiger partial charge in [0.15, 0.2) is 0 Å². The Balaban J connectivity index is 4.69. The van der Waals surface area contributed by atoms with Crippen molar-refractivity contribution in [3.05, 3.63) is 0 Å². The van der Waals surface area contributed by atoms with Crippen LogP contribution in [0.2, 0.25) is 0 Å². The van der Waals surface area contributed by atoms with Crippen molar-refractivity contribution in [2.24, 2.45) is 5.73 Å². The van der Waals surface area contributed by atoms with Crippen LogP contribution < -0.4 is 5.73 Å². The second-order valence-corrected chi connectivity index (χ2v) is 6.27. The van der Waals surface area contributed by atoms with Crippen LogP contribution in [0.25, 0.3) is 0 Å². The quantitative estimate of drug-likeness (QED) is 0.215. The highest BCUT2D eigenvalue weighted by Gasteiger charge is 2.27. The van der Waals surface area contributed by atoms with Crippen LogP contribution in [0.4, 0.5) is 0 Å². The zero-order valence-electron chi connectivity index (χ0n) is 17.1. The molecule has 0 saturated heterocycles. The fourth-order valence-electron chi connectivity index (χ4n) is 2.40. The molecule has 0 unspecified atom stereocenters. The van der Waals surface area contributed by atoms with E-state index in [4.69, 9.17) is 5.73 Å². The van der Waals surface area contributed by atoms with E-state index in [0.29, 0.717) is 25.7 Å². The Morgan fingerprint density at radius 2 is 1.10 bits per heavy atom. The van der Waals surface area contributed by atoms with Gasteiger partial charge in [0.25, 0.3) is 11.6 Å². The van der Waals surface area contributed by atoms with E-state index in [0.717, 1.165) is 17.7 Å². The summed E-state index contributed by atoms with van der Waals surface area (Å²) in [6.45, 7) is 1.75. The predicted molar refractivity (Wildman–Crippen MR) is 101 cm³/mol. The zero-order valence-corrected chi connectivity index (χ0v) is 17.1. The van der Waals surface area contributed by atoms with Crippen LogP contribution in [0.1, 0.15) is 58.8 Å². The van der Waals surface area contributed by atoms with Crippen LogP contribution >= 0.6 is 0 Å². The Morgan fingerprint density at radius 1 is 0.690 bits per heavy atom. The second-order valence-electron chi connectivity index (χ2n) is 6.27. The molecule has 0 fully saturated rings. The topological polar surface area (TPSA) is 150 Å². The van der Waals surface area contributed by atoms with Gasteiger partial charge < -0.3 is 20.1 Å². The summed E-state index contributed by atoms with van der Waals surface area (Å²) >= 11 is 0. The molecule has 0 atom stereocenters. The Kier molecular flexibility index (Phi) is 13.7. The average molecular weight is 414 g/mol. The molecule has 10 heteroatoms. The average Bonchev–Trinajstić information content (AvgIpc) is 2.66. The number of unbranched alkanes of at least 4 members (excludes halogenated alkanes) is 4. The number of nitrogens with two attached hydrogens (primary N) is 1. The Hall–Kier alpha value is -2.78. The van der Waals surface area contributed by atoms with E-state index in [2.05, 4.69) is 9.47 Å². The minimum atomic E-state index is -1.11. The van der Waals surface area contributed by atoms with E-state index in [1.807, 2.05) is 0 Å². The van der Waals surface area contributed by atoms with Crippen LogP contribution in [0.3, 0.4) is 0 Å². The highest BCUT2D eigenvalue weighted by Crippen LogP contribution is 2.09. The number of carbonyl (C=O) groups is 6. The van der Waals surface area contributed by atoms with Crippen molar-refractivity contribution in [1.82, 2.24) is 4.90 Å². The third-order valence-electron chi connectivity index (χ3n) is 3.84. The molecule has 0 aromatic heterocycles. The third-order valence-corrected chi connectivity index (χ3v) is 3.84. The number of hydrogen-bond donors (Lipinski definition) is 1. The molecular formula is C19H30N2O8. The number of primary amides is 1. The molecule has 0 aliphatic carbocycles. The van der Waals surface area contributed by atoms with E-state index in [-0.39, 0.29) is 25.5 Å². The van der Waals surface area contributed by atoms with Crippen molar-refractivity contribution in [2.75, 3.05) is 26.3 Å². The van der Waals surface area contributed by atoms with Gasteiger partial charge in [0, 0.05) is 12.8 Å². The number of Topliss-reactive ketones (excluding diaryl/α,β-unsaturated/α-hetero) is 2. The van der Waals surface area contributed by atoms with E-state index in [1.54, 1.807) is 0 Å². The molecule has 10 nitrogen and oxygen atoms in total. The molecule has 0 saturated carbocycles. The highest BCUT2D eigenvalue weighted by atomic mass is 16.5. The molecule has 0 aliphatic heterocycles. The number of nitrogens with zero attached hydrogens (tertiary/aromatic N) is 1. The maximum absolute atomic E-state index is 12.4. The number of rotatable bonds is 16. The molecule has 0 spiro atoms. The lowest BCUT2D eigenvalue weighted by molar-refractivity contribution is -0.157. The number of amides is 2. The molecular weight excluding hydrogens is 384 g/mol. The first-order valence-corrected chi connectivity index (χ1v) is 9.68. The molecule has 0 radical (unpaired) electrons. The molecule has 2 amide bonds. The summed E-state index contributed by atoms with van der Waals surface area (Å²) in [4.78, 5) is 70.7. The maximum atomic E-state index is 12.4. The third kappa shape index (κ3) is 12.3. The summed E-state index contributed by atoms with van der Waals surface area (Å²) in [6, 6.07) is 0. The minimum Gasteiger partial charge on any atom is -0.460 e. The van der Waals surface area contributed by atoms with Gasteiger partial charge in [0.2, 0.25) is 11.8 Å². The van der Waals surface area contributed by atoms with Gasteiger partial charge in [-0.3, -0.25) is 19.2 Å². The molecule has 0 aromatic carbocycles. The van der Waals surface area contributed by atoms with E-state index >= 15 is 0 Å². The molecule has 0 aromatic rings. The first-order chi connectivity index (χ1) is 13.7. The predicted octanol–water partition coefficient (Wildman–Crippen LogP) is 0.295. The van der Waals surface area contributed by atoms with E-state index < -0.39 is 42.5 Å². The van der Waals surface area contributed by atoms with E-state index in [9.17, 15) is 28.8 Å². The van der Waals surface area contributed by atoms with Gasteiger partial charge >= 0.3 is 11.9 Å². The van der Waals surface area contributed by atoms with Gasteiger partial charge in [-0.1, -0.05) is 19.3 Å². The fraction of sp³-hybridized carbons (Fsp3) is 0.684. The SMILES string of the molecule is CCOC(=O)C(=O)CN(CC(=O)C(=O)OCC)C(=O)CCCCCCCC(N)=O. The Morgan fingerprint density at radius 3 is 1.52 bits per heavy atom. The molecule has 0 rings (SSSR count). The van der Waals surface area contributed by atoms with Gasteiger partial charge in [0.05, 0.1) is 26.3 Å². The number of carbonyl (C=O) groups excluding carboxylic acids is 6. The van der Waals surface area contributed by atoms with Crippen molar-refractivity contribution in [2.45, 2.75) is 58.8 Å². The summed E-state index contributed by atoms with van der Waals surface area (Å²) in [6.07, 6.45) is 3.83. The molecule has 0 heterocycles. The second kappa shape index (κ2) is 15.2. The molecule has 0 aliphatic rings. The zero-order chi connectivity index (χ0) is 22.2. The first kappa shape index (κ1) is 26.2. The highest BCUT2D eigenvalue weighted by molar-refractivity contribution is 6.36. The van der Waals surface area contributed by atoms with Gasteiger partial charge in [0.1, 0.15) is 0 Å². The van der Waals surface area contributed by atoms with Gasteiger partial charge in [-0.2, -0.15) is 0 Å². The molecule has 0 bridgehead atoms. The Labute approximate surface area is 170 Å². The number of esters is 2. The summed E-state index contributed by atoms with van der Waals surface area (Å²) < 4.78 is 9.18. The first-order valence-electron chi connectivity index (χ1n) is 9.68. The standard InChI is InChI=1S/C19H30N2O8/c1-3-28-18(26)14(22)12-21(13-15(23)19(27)29-4-2)17(25)11-9-7-5-6-8-10-16(20)24/h3-13H2,1-2H3,(H2,20,24). The van der Waals surface area contributed by atoms with Gasteiger partial charge in [-0.25, -0.2) is 9.59 Å². The van der Waals surface area contributed by atoms with Crippen molar-refractivity contribution in [1.29, 1.82) is 0 Å². The van der Waals surface area contributed by atoms with Gasteiger partial charge in [-0.05, 0) is 26.7 Å². The number of hydrogen-bond acceptors (Lipinski definition) is 8. The van der Waals surface area contributed by atoms with Crippen molar-refractivity contribution in [3.63, 3.8) is 0 Å². The van der Waals surface area contributed by atoms with Crippen molar-refractivity contribution >= 4 is 35.3 Å². The van der Waals surface area contributed by atoms with Crippen molar-refractivity contribution < 1.29 is 38.2 Å². The Bertz CT molecular complexity index is 571. The van der Waals surface area contributed by atoms with Gasteiger partial charge in [-0.15, -0.1) is 0 Å². The molecule has 29 heavy (non-hydrogen) atoms. The minimum absolute atomic E-state index is 0.00394. The largest absolute Gasteiger partial charge is 0.460 e. The summed E-state index contributed by atoms with van der Waals surface area (Å²) in [7, 11) is 0. The molecule has 2 N–H and O–H groups in total. The smallest absolute Gasteiger partial charge is 0.376 e. The van der Waals surface area contributed by atoms with Crippen LogP contribution in [-0.2, 0) is 38.2 Å². The number of ketones is 2. The summed E-state index contributed by atoms with van der Waals surface area (Å²) in [5.41, 5.74) is 5.06. The van der Waals surface area contributed by atoms with E-state index in [1.165, 1.54) is 13.8 Å². The van der Waals surface area contributed by atoms with Crippen LogP contribution in [0.5, 0.6) is 0 Å². The lowest BCUT2D eigenvalue weighted by Crippen LogP contribution is -2.43. The fourth-order valence-corrected chi connectivity index (χ4v) is 2.40. The maximum Gasteiger partial charge on any atom is 0.376 e. The lowest BCUT2D eigenvalue weighted by Gasteiger charge is -2.20. The monoisotopic (exact) mass is 414 g/mol. The van der Waals surface area contributed by atoms with Crippen molar-refractivity contribution in [3.8, 4) is 0 Å². The lowest BCUT2D eigenvalue weighted by atomic mass is 10.1. The van der Waals surface area contributed by atoms with Crippen LogP contribution in [0.15, 0.2) is 0 Å². The summed E-state index contributed by atoms with van der Waals surface area (Å²) in [5.74, 6) is -5.07. The number of ether oxygens (including phenoxy) is 2. The normalized spacial score (nSPS) is 10.1. The molecule has 164 valence electrons.